The molecular formula is C30H39N5O7. The van der Waals surface area contributed by atoms with E-state index in [-0.39, 0.29) is 18.6 Å². The predicted molar refractivity (Wildman–Crippen MR) is 156 cm³/mol. The summed E-state index contributed by atoms with van der Waals surface area (Å²) in [6.45, 7) is 4.78. The molecule has 0 fully saturated rings. The van der Waals surface area contributed by atoms with Gasteiger partial charge in [-0.3, -0.25) is 14.4 Å². The number of aromatic nitrogens is 1. The number of amides is 3. The molecule has 0 aliphatic carbocycles. The highest BCUT2D eigenvalue weighted by Gasteiger charge is 2.34. The Bertz CT molecular complexity index is 1390. The highest BCUT2D eigenvalue weighted by atomic mass is 16.4. The van der Waals surface area contributed by atoms with E-state index >= 15 is 0 Å². The van der Waals surface area contributed by atoms with Gasteiger partial charge in [-0.25, -0.2) is 4.79 Å². The summed E-state index contributed by atoms with van der Waals surface area (Å²) in [7, 11) is 0. The first kappa shape index (κ1) is 32.1. The number of aliphatic hydroxyl groups is 1. The summed E-state index contributed by atoms with van der Waals surface area (Å²) >= 11 is 0. The molecule has 0 bridgehead atoms. The Balaban J connectivity index is 1.85. The number of carbonyl (C=O) groups excluding carboxylic acids is 3. The zero-order valence-electron chi connectivity index (χ0n) is 23.8. The quantitative estimate of drug-likeness (QED) is 0.137. The normalized spacial score (nSPS) is 15.5. The van der Waals surface area contributed by atoms with Crippen molar-refractivity contribution in [2.24, 2.45) is 11.7 Å². The first-order chi connectivity index (χ1) is 19.9. The Labute approximate surface area is 243 Å². The van der Waals surface area contributed by atoms with E-state index in [2.05, 4.69) is 20.9 Å². The standard InChI is InChI=1S/C30H39N5O7/c1-4-16(2)25(29(40)35-26(17(3)36)30(41)42)34-28(39)24(14-19-15-32-23-8-6-5-7-21(19)23)33-27(38)22(31)13-18-9-11-20(37)12-10-18/h5-12,15-17,22,24-26,32,36-37H,4,13-14,31H2,1-3H3,(H,33,38)(H,34,39)(H,35,40)(H,41,42). The number of carboxylic acid groups (broad SMARTS) is 1. The largest absolute Gasteiger partial charge is 0.508 e. The van der Waals surface area contributed by atoms with E-state index < -0.39 is 59.9 Å². The average molecular weight is 582 g/mol. The molecule has 42 heavy (non-hydrogen) atoms. The van der Waals surface area contributed by atoms with Crippen molar-refractivity contribution >= 4 is 34.6 Å². The zero-order valence-corrected chi connectivity index (χ0v) is 23.8. The molecule has 3 rings (SSSR count). The number of phenols is 1. The molecule has 0 aliphatic heterocycles. The number of fused-ring (bicyclic) bond motifs is 1. The van der Waals surface area contributed by atoms with E-state index in [0.717, 1.165) is 16.5 Å². The SMILES string of the molecule is CCC(C)C(NC(=O)C(Cc1c[nH]c2ccccc12)NC(=O)C(N)Cc1ccc(O)cc1)C(=O)NC(C(=O)O)C(C)O. The van der Waals surface area contributed by atoms with Crippen LogP contribution in [0.2, 0.25) is 0 Å². The Morgan fingerprint density at radius 3 is 2.14 bits per heavy atom. The topological polar surface area (TPSA) is 207 Å². The molecule has 3 amide bonds. The Kier molecular flexibility index (Phi) is 11.1. The van der Waals surface area contributed by atoms with Gasteiger partial charge in [-0.05, 0) is 48.6 Å². The maximum Gasteiger partial charge on any atom is 0.328 e. The second-order valence-electron chi connectivity index (χ2n) is 10.5. The molecule has 2 aromatic carbocycles. The van der Waals surface area contributed by atoms with Gasteiger partial charge in [-0.1, -0.05) is 50.6 Å². The number of hydrogen-bond acceptors (Lipinski definition) is 7. The van der Waals surface area contributed by atoms with Crippen LogP contribution in [0.5, 0.6) is 5.75 Å². The third-order valence-corrected chi connectivity index (χ3v) is 7.30. The Hall–Kier alpha value is -4.42. The fourth-order valence-electron chi connectivity index (χ4n) is 4.57. The highest BCUT2D eigenvalue weighted by Crippen LogP contribution is 2.20. The van der Waals surface area contributed by atoms with Crippen LogP contribution in [0.25, 0.3) is 10.9 Å². The van der Waals surface area contributed by atoms with E-state index in [4.69, 9.17) is 5.73 Å². The monoisotopic (exact) mass is 581 g/mol. The Morgan fingerprint density at radius 1 is 0.881 bits per heavy atom. The van der Waals surface area contributed by atoms with Crippen LogP contribution in [0.15, 0.2) is 54.7 Å². The van der Waals surface area contributed by atoms with Crippen molar-refractivity contribution in [3.05, 3.63) is 65.9 Å². The molecule has 9 N–H and O–H groups in total. The van der Waals surface area contributed by atoms with Gasteiger partial charge in [0, 0.05) is 23.5 Å². The number of aromatic hydroxyl groups is 1. The molecule has 1 heterocycles. The fraction of sp³-hybridized carbons (Fsp3) is 0.400. The van der Waals surface area contributed by atoms with Crippen LogP contribution in [-0.4, -0.2) is 74.3 Å². The summed E-state index contributed by atoms with van der Waals surface area (Å²) in [4.78, 5) is 54.7. The lowest BCUT2D eigenvalue weighted by molar-refractivity contribution is -0.145. The van der Waals surface area contributed by atoms with Gasteiger partial charge in [-0.15, -0.1) is 0 Å². The number of aliphatic hydroxyl groups excluding tert-OH is 1. The summed E-state index contributed by atoms with van der Waals surface area (Å²) in [5, 5.41) is 37.3. The van der Waals surface area contributed by atoms with Gasteiger partial charge in [0.15, 0.2) is 6.04 Å². The number of aromatic amines is 1. The smallest absolute Gasteiger partial charge is 0.328 e. The summed E-state index contributed by atoms with van der Waals surface area (Å²) in [6, 6.07) is 8.89. The van der Waals surface area contributed by atoms with Crippen molar-refractivity contribution < 1.29 is 34.5 Å². The first-order valence-electron chi connectivity index (χ1n) is 13.8. The molecule has 0 aliphatic rings. The lowest BCUT2D eigenvalue weighted by atomic mass is 9.96. The number of carbonyl (C=O) groups is 4. The number of para-hydroxylation sites is 1. The maximum absolute atomic E-state index is 13.7. The summed E-state index contributed by atoms with van der Waals surface area (Å²) in [5.74, 6) is -3.76. The first-order valence-corrected chi connectivity index (χ1v) is 13.8. The van der Waals surface area contributed by atoms with Crippen molar-refractivity contribution in [1.82, 2.24) is 20.9 Å². The summed E-state index contributed by atoms with van der Waals surface area (Å²) in [6.07, 6.45) is 1.08. The van der Waals surface area contributed by atoms with E-state index in [9.17, 15) is 34.5 Å². The molecule has 226 valence electrons. The minimum atomic E-state index is -1.57. The van der Waals surface area contributed by atoms with Gasteiger partial charge in [0.25, 0.3) is 0 Å². The van der Waals surface area contributed by atoms with Gasteiger partial charge in [0.05, 0.1) is 12.1 Å². The molecule has 12 nitrogen and oxygen atoms in total. The van der Waals surface area contributed by atoms with Crippen LogP contribution < -0.4 is 21.7 Å². The number of benzene rings is 2. The second-order valence-corrected chi connectivity index (χ2v) is 10.5. The summed E-state index contributed by atoms with van der Waals surface area (Å²) in [5.41, 5.74) is 8.49. The minimum absolute atomic E-state index is 0.0772. The Morgan fingerprint density at radius 2 is 1.52 bits per heavy atom. The molecule has 0 saturated carbocycles. The number of phenolic OH excluding ortho intramolecular Hbond substituents is 1. The van der Waals surface area contributed by atoms with Gasteiger partial charge in [-0.2, -0.15) is 0 Å². The number of nitrogens with one attached hydrogen (secondary N) is 4. The van der Waals surface area contributed by atoms with Crippen LogP contribution in [0.1, 0.15) is 38.3 Å². The van der Waals surface area contributed by atoms with Crippen molar-refractivity contribution in [3.8, 4) is 5.75 Å². The van der Waals surface area contributed by atoms with Crippen LogP contribution in [0.4, 0.5) is 0 Å². The zero-order chi connectivity index (χ0) is 31.0. The lowest BCUT2D eigenvalue weighted by Gasteiger charge is -2.28. The molecule has 0 radical (unpaired) electrons. The van der Waals surface area contributed by atoms with Gasteiger partial charge in [0.1, 0.15) is 17.8 Å². The molecule has 6 atom stereocenters. The van der Waals surface area contributed by atoms with Gasteiger partial charge in [0.2, 0.25) is 17.7 Å². The number of carboxylic acids is 1. The van der Waals surface area contributed by atoms with Crippen molar-refractivity contribution in [1.29, 1.82) is 0 Å². The molecule has 1 aromatic heterocycles. The van der Waals surface area contributed by atoms with Gasteiger partial charge >= 0.3 is 5.97 Å². The number of nitrogens with two attached hydrogens (primary N) is 1. The van der Waals surface area contributed by atoms with Gasteiger partial charge < -0.3 is 42.0 Å². The number of rotatable bonds is 14. The molecule has 6 unspecified atom stereocenters. The molecule has 12 heteroatoms. The fourth-order valence-corrected chi connectivity index (χ4v) is 4.57. The average Bonchev–Trinajstić information content (AvgIpc) is 3.37. The maximum atomic E-state index is 13.7. The molecule has 0 saturated heterocycles. The van der Waals surface area contributed by atoms with E-state index in [1.54, 1.807) is 25.3 Å². The predicted octanol–water partition coefficient (Wildman–Crippen LogP) is 0.952. The van der Waals surface area contributed by atoms with E-state index in [1.165, 1.54) is 19.1 Å². The van der Waals surface area contributed by atoms with E-state index in [1.807, 2.05) is 31.2 Å². The van der Waals surface area contributed by atoms with Crippen molar-refractivity contribution in [3.63, 3.8) is 0 Å². The molecule has 0 spiro atoms. The van der Waals surface area contributed by atoms with Crippen molar-refractivity contribution in [2.45, 2.75) is 70.3 Å². The van der Waals surface area contributed by atoms with Crippen LogP contribution in [-0.2, 0) is 32.0 Å². The van der Waals surface area contributed by atoms with E-state index in [0.29, 0.717) is 12.0 Å². The number of hydrogen-bond donors (Lipinski definition) is 8. The summed E-state index contributed by atoms with van der Waals surface area (Å²) < 4.78 is 0. The third kappa shape index (κ3) is 8.30. The third-order valence-electron chi connectivity index (χ3n) is 7.30. The number of H-pyrrole nitrogens is 1. The van der Waals surface area contributed by atoms with Crippen LogP contribution in [0, 0.1) is 5.92 Å². The second kappa shape index (κ2) is 14.5. The molecular weight excluding hydrogens is 542 g/mol. The van der Waals surface area contributed by atoms with Crippen LogP contribution >= 0.6 is 0 Å². The lowest BCUT2D eigenvalue weighted by Crippen LogP contribution is -2.60. The minimum Gasteiger partial charge on any atom is -0.508 e. The van der Waals surface area contributed by atoms with Crippen LogP contribution in [0.3, 0.4) is 0 Å². The number of aliphatic carboxylic acids is 1. The van der Waals surface area contributed by atoms with Crippen molar-refractivity contribution in [2.75, 3.05) is 0 Å². The molecule has 3 aromatic rings. The highest BCUT2D eigenvalue weighted by molar-refractivity contribution is 5.95.